The summed E-state index contributed by atoms with van der Waals surface area (Å²) in [7, 11) is 0. The van der Waals surface area contributed by atoms with Crippen molar-refractivity contribution in [1.29, 1.82) is 0 Å². The number of carbonyl (C=O) groups excluding carboxylic acids is 3. The van der Waals surface area contributed by atoms with Crippen molar-refractivity contribution in [1.82, 2.24) is 4.90 Å². The molecular weight excluding hydrogens is 519 g/mol. The lowest BCUT2D eigenvalue weighted by atomic mass is 10.1. The Hall–Kier alpha value is -4.93. The zero-order valence-corrected chi connectivity index (χ0v) is 20.4. The lowest BCUT2D eigenvalue weighted by Gasteiger charge is -2.15. The van der Waals surface area contributed by atoms with Crippen LogP contribution in [0.25, 0.3) is 11.0 Å². The van der Waals surface area contributed by atoms with E-state index in [0.717, 1.165) is 12.1 Å². The van der Waals surface area contributed by atoms with Gasteiger partial charge in [0.2, 0.25) is 11.2 Å². The van der Waals surface area contributed by atoms with E-state index in [9.17, 15) is 32.3 Å². The van der Waals surface area contributed by atoms with Crippen LogP contribution in [0.3, 0.4) is 0 Å². The van der Waals surface area contributed by atoms with Crippen LogP contribution in [-0.4, -0.2) is 29.2 Å². The molecule has 1 aromatic heterocycles. The van der Waals surface area contributed by atoms with Gasteiger partial charge in [0.15, 0.2) is 0 Å². The molecule has 4 aromatic rings. The van der Waals surface area contributed by atoms with Gasteiger partial charge < -0.3 is 13.9 Å². The molecule has 1 aliphatic rings. The highest BCUT2D eigenvalue weighted by atomic mass is 19.4. The molecule has 2 heterocycles. The second kappa shape index (κ2) is 9.43. The highest BCUT2D eigenvalue weighted by Crippen LogP contribution is 2.39. The maximum Gasteiger partial charge on any atom is 0.453 e. The molecule has 0 N–H and O–H groups in total. The fraction of sp³-hybridized carbons (Fsp3) is 0.143. The quantitative estimate of drug-likeness (QED) is 0.190. The summed E-state index contributed by atoms with van der Waals surface area (Å²) in [5, 5.41) is -0.247. The van der Waals surface area contributed by atoms with Gasteiger partial charge in [-0.1, -0.05) is 24.3 Å². The number of aryl methyl sites for hydroxylation is 2. The van der Waals surface area contributed by atoms with Crippen LogP contribution in [0.15, 0.2) is 69.9 Å². The third-order valence-electron chi connectivity index (χ3n) is 6.03. The topological polar surface area (TPSA) is 103 Å². The van der Waals surface area contributed by atoms with Crippen LogP contribution in [0.5, 0.6) is 17.2 Å². The summed E-state index contributed by atoms with van der Waals surface area (Å²) in [5.41, 5.74) is -0.0849. The number of fused-ring (bicyclic) bond motifs is 2. The maximum atomic E-state index is 13.9. The molecule has 0 atom stereocenters. The summed E-state index contributed by atoms with van der Waals surface area (Å²) in [4.78, 5) is 51.2. The second-order valence-corrected chi connectivity index (χ2v) is 8.83. The largest absolute Gasteiger partial charge is 0.453 e. The Morgan fingerprint density at radius 3 is 2.23 bits per heavy atom. The minimum Gasteiger partial charge on any atom is -0.449 e. The number of esters is 1. The van der Waals surface area contributed by atoms with E-state index in [-0.39, 0.29) is 28.0 Å². The molecule has 1 aliphatic heterocycles. The van der Waals surface area contributed by atoms with Crippen molar-refractivity contribution in [2.24, 2.45) is 0 Å². The standard InChI is InChI=1S/C28H18F3NO7/c1-14-7-8-15(2)20(11-14)38-24-23(34)19-10-9-16(12-21(19)39-25(24)28(29,30)31)37-22(33)13-32-26(35)17-5-3-4-6-18(17)27(32)36/h3-12H,13H2,1-2H3. The number of hydrogen-bond acceptors (Lipinski definition) is 7. The van der Waals surface area contributed by atoms with Crippen LogP contribution in [0, 0.1) is 13.8 Å². The number of hydrogen-bond donors (Lipinski definition) is 0. The predicted molar refractivity (Wildman–Crippen MR) is 131 cm³/mol. The van der Waals surface area contributed by atoms with E-state index in [4.69, 9.17) is 13.9 Å². The number of halogens is 3. The van der Waals surface area contributed by atoms with Crippen molar-refractivity contribution in [2.75, 3.05) is 6.54 Å². The van der Waals surface area contributed by atoms with Gasteiger partial charge in [-0.25, -0.2) is 4.79 Å². The molecule has 0 radical (unpaired) electrons. The molecule has 11 heteroatoms. The Balaban J connectivity index is 1.44. The van der Waals surface area contributed by atoms with Gasteiger partial charge in [0.05, 0.1) is 16.5 Å². The normalized spacial score (nSPS) is 13.1. The summed E-state index contributed by atoms with van der Waals surface area (Å²) in [6.45, 7) is 2.61. The number of amides is 2. The van der Waals surface area contributed by atoms with Crippen LogP contribution >= 0.6 is 0 Å². The highest BCUT2D eigenvalue weighted by molar-refractivity contribution is 6.22. The van der Waals surface area contributed by atoms with Gasteiger partial charge in [-0.15, -0.1) is 0 Å². The average molecular weight is 537 g/mol. The zero-order valence-electron chi connectivity index (χ0n) is 20.4. The molecular formula is C28H18F3NO7. The van der Waals surface area contributed by atoms with Crippen LogP contribution in [-0.2, 0) is 11.0 Å². The van der Waals surface area contributed by atoms with Crippen LogP contribution in [0.4, 0.5) is 13.2 Å². The van der Waals surface area contributed by atoms with E-state index < -0.39 is 53.0 Å². The highest BCUT2D eigenvalue weighted by Gasteiger charge is 2.41. The summed E-state index contributed by atoms with van der Waals surface area (Å²) >= 11 is 0. The average Bonchev–Trinajstić information content (AvgIpc) is 3.12. The van der Waals surface area contributed by atoms with E-state index in [1.54, 1.807) is 38.1 Å². The number of rotatable bonds is 5. The fourth-order valence-corrected chi connectivity index (χ4v) is 4.10. The van der Waals surface area contributed by atoms with Crippen molar-refractivity contribution < 1.29 is 41.4 Å². The number of carbonyl (C=O) groups is 3. The van der Waals surface area contributed by atoms with Gasteiger partial charge in [-0.2, -0.15) is 13.2 Å². The lowest BCUT2D eigenvalue weighted by molar-refractivity contribution is -0.154. The molecule has 3 aromatic carbocycles. The van der Waals surface area contributed by atoms with E-state index in [1.807, 2.05) is 0 Å². The van der Waals surface area contributed by atoms with Gasteiger partial charge >= 0.3 is 12.1 Å². The Morgan fingerprint density at radius 1 is 0.923 bits per heavy atom. The van der Waals surface area contributed by atoms with Crippen molar-refractivity contribution in [3.8, 4) is 17.2 Å². The lowest BCUT2D eigenvalue weighted by Crippen LogP contribution is -2.36. The molecule has 0 spiro atoms. The Bertz CT molecular complexity index is 1700. The number of nitrogens with zero attached hydrogens (tertiary/aromatic N) is 1. The molecule has 8 nitrogen and oxygen atoms in total. The number of benzene rings is 3. The van der Waals surface area contributed by atoms with Gasteiger partial charge in [0.1, 0.15) is 23.6 Å². The zero-order chi connectivity index (χ0) is 28.1. The van der Waals surface area contributed by atoms with Gasteiger partial charge in [0.25, 0.3) is 17.6 Å². The number of imide groups is 1. The minimum absolute atomic E-state index is 0.0610. The maximum absolute atomic E-state index is 13.9. The van der Waals surface area contributed by atoms with E-state index >= 15 is 0 Å². The summed E-state index contributed by atoms with van der Waals surface area (Å²) in [6.07, 6.45) is -5.08. The molecule has 0 unspecified atom stereocenters. The van der Waals surface area contributed by atoms with Crippen LogP contribution in [0.1, 0.15) is 37.6 Å². The molecule has 0 aliphatic carbocycles. The first-order chi connectivity index (χ1) is 18.4. The Kier molecular flexibility index (Phi) is 6.21. The molecule has 0 saturated heterocycles. The molecule has 0 fully saturated rings. The smallest absolute Gasteiger partial charge is 0.449 e. The van der Waals surface area contributed by atoms with Gasteiger partial charge in [-0.05, 0) is 55.3 Å². The van der Waals surface area contributed by atoms with Crippen LogP contribution in [0.2, 0.25) is 0 Å². The summed E-state index contributed by atoms with van der Waals surface area (Å²) in [5.74, 6) is -5.27. The first-order valence-electron chi connectivity index (χ1n) is 11.5. The fourth-order valence-electron chi connectivity index (χ4n) is 4.10. The minimum atomic E-state index is -5.08. The molecule has 0 saturated carbocycles. The first-order valence-corrected chi connectivity index (χ1v) is 11.5. The second-order valence-electron chi connectivity index (χ2n) is 8.83. The third kappa shape index (κ3) is 4.74. The molecule has 5 rings (SSSR count). The SMILES string of the molecule is Cc1ccc(C)c(Oc2c(C(F)(F)F)oc3cc(OC(=O)CN4C(=O)c5ccccc5C4=O)ccc3c2=O)c1. The van der Waals surface area contributed by atoms with Crippen molar-refractivity contribution in [2.45, 2.75) is 20.0 Å². The molecule has 2 amide bonds. The first kappa shape index (κ1) is 25.7. The number of ether oxygens (including phenoxy) is 2. The van der Waals surface area contributed by atoms with Crippen molar-refractivity contribution in [3.05, 3.63) is 98.9 Å². The van der Waals surface area contributed by atoms with E-state index in [1.165, 1.54) is 24.3 Å². The van der Waals surface area contributed by atoms with E-state index in [2.05, 4.69) is 0 Å². The number of alkyl halides is 3. The van der Waals surface area contributed by atoms with Gasteiger partial charge in [-0.3, -0.25) is 19.3 Å². The van der Waals surface area contributed by atoms with Crippen molar-refractivity contribution >= 4 is 28.8 Å². The summed E-state index contributed by atoms with van der Waals surface area (Å²) in [6, 6.07) is 14.2. The Morgan fingerprint density at radius 2 is 1.59 bits per heavy atom. The summed E-state index contributed by atoms with van der Waals surface area (Å²) < 4.78 is 57.3. The Labute approximate surface area is 218 Å². The monoisotopic (exact) mass is 537 g/mol. The van der Waals surface area contributed by atoms with Crippen LogP contribution < -0.4 is 14.9 Å². The molecule has 39 heavy (non-hydrogen) atoms. The molecule has 0 bridgehead atoms. The molecule has 198 valence electrons. The van der Waals surface area contributed by atoms with E-state index in [0.29, 0.717) is 16.0 Å². The predicted octanol–water partition coefficient (Wildman–Crippen LogP) is 5.42. The van der Waals surface area contributed by atoms with Crippen molar-refractivity contribution in [3.63, 3.8) is 0 Å². The third-order valence-corrected chi connectivity index (χ3v) is 6.03. The van der Waals surface area contributed by atoms with Gasteiger partial charge in [0, 0.05) is 6.07 Å².